The summed E-state index contributed by atoms with van der Waals surface area (Å²) in [4.78, 5) is 8.79. The largest absolute Gasteiger partial charge is 0.373 e. The third-order valence-corrected chi connectivity index (χ3v) is 3.34. The summed E-state index contributed by atoms with van der Waals surface area (Å²) in [5.41, 5.74) is 1.08. The Kier molecular flexibility index (Phi) is 4.47. The molecule has 1 aromatic carbocycles. The molecule has 0 aliphatic rings. The number of rotatable bonds is 4. The fraction of sp³-hybridized carbons (Fsp3) is 0.286. The summed E-state index contributed by atoms with van der Waals surface area (Å²) >= 11 is 3.19. The topological polar surface area (TPSA) is 37.8 Å². The molecule has 0 saturated heterocycles. The van der Waals surface area contributed by atoms with Crippen LogP contribution < -0.4 is 5.32 Å². The van der Waals surface area contributed by atoms with Crippen molar-refractivity contribution in [3.05, 3.63) is 40.4 Å². The predicted octanol–water partition coefficient (Wildman–Crippen LogP) is 4.04. The van der Waals surface area contributed by atoms with Crippen molar-refractivity contribution in [3.8, 4) is 11.3 Å². The van der Waals surface area contributed by atoms with Gasteiger partial charge >= 0.3 is 0 Å². The van der Waals surface area contributed by atoms with E-state index in [1.807, 2.05) is 0 Å². The molecule has 2 rings (SSSR count). The fourth-order valence-electron chi connectivity index (χ4n) is 1.80. The molecule has 0 atom stereocenters. The Morgan fingerprint density at radius 3 is 2.79 bits per heavy atom. The molecule has 0 unspecified atom stereocenters. The van der Waals surface area contributed by atoms with Gasteiger partial charge in [0.25, 0.3) is 0 Å². The number of aryl methyl sites for hydroxylation is 1. The molecule has 100 valence electrons. The molecule has 2 aromatic rings. The van der Waals surface area contributed by atoms with E-state index in [0.29, 0.717) is 21.5 Å². The number of benzene rings is 1. The standard InChI is InChI=1S/C14H15BrFN3/c1-3-5-12-18-11(8-13(17-2)19-12)9-6-4-7-10(15)14(9)16/h4,6-8H,3,5H2,1-2H3,(H,17,18,19). The quantitative estimate of drug-likeness (QED) is 0.922. The zero-order chi connectivity index (χ0) is 13.8. The van der Waals surface area contributed by atoms with Crippen molar-refractivity contribution in [2.75, 3.05) is 12.4 Å². The van der Waals surface area contributed by atoms with Crippen LogP contribution in [0, 0.1) is 5.82 Å². The Morgan fingerprint density at radius 1 is 1.32 bits per heavy atom. The molecule has 1 N–H and O–H groups in total. The number of hydrogen-bond donors (Lipinski definition) is 1. The minimum atomic E-state index is -0.300. The first-order valence-electron chi connectivity index (χ1n) is 6.15. The molecule has 0 spiro atoms. The molecule has 0 bridgehead atoms. The molecule has 3 nitrogen and oxygen atoms in total. The summed E-state index contributed by atoms with van der Waals surface area (Å²) in [6.45, 7) is 2.06. The third-order valence-electron chi connectivity index (χ3n) is 2.73. The van der Waals surface area contributed by atoms with Crippen molar-refractivity contribution in [1.82, 2.24) is 9.97 Å². The zero-order valence-electron chi connectivity index (χ0n) is 10.9. The lowest BCUT2D eigenvalue weighted by Crippen LogP contribution is -2.02. The van der Waals surface area contributed by atoms with Gasteiger partial charge in [-0.25, -0.2) is 14.4 Å². The molecule has 19 heavy (non-hydrogen) atoms. The fourth-order valence-corrected chi connectivity index (χ4v) is 2.17. The van der Waals surface area contributed by atoms with Gasteiger partial charge in [0, 0.05) is 25.1 Å². The van der Waals surface area contributed by atoms with Crippen molar-refractivity contribution < 1.29 is 4.39 Å². The third kappa shape index (κ3) is 3.10. The van der Waals surface area contributed by atoms with E-state index >= 15 is 0 Å². The van der Waals surface area contributed by atoms with Gasteiger partial charge in [-0.15, -0.1) is 0 Å². The summed E-state index contributed by atoms with van der Waals surface area (Å²) in [5, 5.41) is 2.98. The normalized spacial score (nSPS) is 10.5. The number of nitrogens with one attached hydrogen (secondary N) is 1. The maximum atomic E-state index is 14.1. The molecule has 0 radical (unpaired) electrons. The molecule has 0 saturated carbocycles. The van der Waals surface area contributed by atoms with Crippen LogP contribution in [0.3, 0.4) is 0 Å². The molecule has 0 amide bonds. The van der Waals surface area contributed by atoms with Crippen LogP contribution >= 0.6 is 15.9 Å². The van der Waals surface area contributed by atoms with E-state index in [0.717, 1.165) is 18.7 Å². The van der Waals surface area contributed by atoms with Crippen LogP contribution in [0.5, 0.6) is 0 Å². The minimum Gasteiger partial charge on any atom is -0.373 e. The summed E-state index contributed by atoms with van der Waals surface area (Å²) in [6.07, 6.45) is 1.73. The molecule has 1 heterocycles. The first-order valence-corrected chi connectivity index (χ1v) is 6.95. The second-order valence-corrected chi connectivity index (χ2v) is 5.01. The van der Waals surface area contributed by atoms with Crippen molar-refractivity contribution in [2.45, 2.75) is 19.8 Å². The van der Waals surface area contributed by atoms with Crippen LogP contribution in [0.15, 0.2) is 28.7 Å². The zero-order valence-corrected chi connectivity index (χ0v) is 12.5. The van der Waals surface area contributed by atoms with Gasteiger partial charge in [0.05, 0.1) is 10.2 Å². The first-order chi connectivity index (χ1) is 9.15. The monoisotopic (exact) mass is 323 g/mol. The van der Waals surface area contributed by atoms with Crippen LogP contribution in [0.4, 0.5) is 10.2 Å². The summed E-state index contributed by atoms with van der Waals surface area (Å²) in [5.74, 6) is 1.13. The van der Waals surface area contributed by atoms with Crippen molar-refractivity contribution in [3.63, 3.8) is 0 Å². The number of anilines is 1. The van der Waals surface area contributed by atoms with Crippen molar-refractivity contribution in [2.24, 2.45) is 0 Å². The van der Waals surface area contributed by atoms with E-state index in [2.05, 4.69) is 38.1 Å². The van der Waals surface area contributed by atoms with Gasteiger partial charge in [-0.3, -0.25) is 0 Å². The minimum absolute atomic E-state index is 0.300. The highest BCUT2D eigenvalue weighted by molar-refractivity contribution is 9.10. The number of halogens is 2. The lowest BCUT2D eigenvalue weighted by molar-refractivity contribution is 0.624. The van der Waals surface area contributed by atoms with Crippen molar-refractivity contribution >= 4 is 21.7 Å². The van der Waals surface area contributed by atoms with E-state index in [4.69, 9.17) is 0 Å². The van der Waals surface area contributed by atoms with E-state index in [1.165, 1.54) is 0 Å². The van der Waals surface area contributed by atoms with E-state index in [9.17, 15) is 4.39 Å². The maximum absolute atomic E-state index is 14.1. The Bertz CT molecular complexity index is 587. The van der Waals surface area contributed by atoms with Gasteiger partial charge in [0.2, 0.25) is 0 Å². The summed E-state index contributed by atoms with van der Waals surface area (Å²) < 4.78 is 14.5. The molecule has 0 fully saturated rings. The SMILES string of the molecule is CCCc1nc(NC)cc(-c2cccc(Br)c2F)n1. The first kappa shape index (κ1) is 13.9. The van der Waals surface area contributed by atoms with Crippen LogP contribution in [0.25, 0.3) is 11.3 Å². The van der Waals surface area contributed by atoms with E-state index in [-0.39, 0.29) is 5.82 Å². The molecule has 5 heteroatoms. The lowest BCUT2D eigenvalue weighted by Gasteiger charge is -2.09. The lowest BCUT2D eigenvalue weighted by atomic mass is 10.1. The summed E-state index contributed by atoms with van der Waals surface area (Å²) in [7, 11) is 1.79. The second kappa shape index (κ2) is 6.10. The highest BCUT2D eigenvalue weighted by Crippen LogP contribution is 2.27. The van der Waals surface area contributed by atoms with Crippen molar-refractivity contribution in [1.29, 1.82) is 0 Å². The van der Waals surface area contributed by atoms with Gasteiger partial charge < -0.3 is 5.32 Å². The van der Waals surface area contributed by atoms with E-state index in [1.54, 1.807) is 31.3 Å². The van der Waals surface area contributed by atoms with Crippen LogP contribution in [0.1, 0.15) is 19.2 Å². The van der Waals surface area contributed by atoms with E-state index < -0.39 is 0 Å². The van der Waals surface area contributed by atoms with Crippen LogP contribution in [-0.2, 0) is 6.42 Å². The molecular weight excluding hydrogens is 309 g/mol. The Labute approximate surface area is 120 Å². The average Bonchev–Trinajstić information content (AvgIpc) is 2.42. The Hall–Kier alpha value is -1.49. The molecule has 1 aromatic heterocycles. The van der Waals surface area contributed by atoms with Crippen LogP contribution in [0.2, 0.25) is 0 Å². The van der Waals surface area contributed by atoms with Gasteiger partial charge in [0.1, 0.15) is 17.5 Å². The Morgan fingerprint density at radius 2 is 2.11 bits per heavy atom. The van der Waals surface area contributed by atoms with Crippen LogP contribution in [-0.4, -0.2) is 17.0 Å². The molecule has 0 aliphatic heterocycles. The predicted molar refractivity (Wildman–Crippen MR) is 78.7 cm³/mol. The highest BCUT2D eigenvalue weighted by atomic mass is 79.9. The highest BCUT2D eigenvalue weighted by Gasteiger charge is 2.12. The smallest absolute Gasteiger partial charge is 0.146 e. The number of nitrogens with zero attached hydrogens (tertiary/aromatic N) is 2. The number of aromatic nitrogens is 2. The molecule has 0 aliphatic carbocycles. The van der Waals surface area contributed by atoms with Gasteiger partial charge in [-0.05, 0) is 34.5 Å². The number of hydrogen-bond acceptors (Lipinski definition) is 3. The average molecular weight is 324 g/mol. The van der Waals surface area contributed by atoms with Gasteiger partial charge in [0.15, 0.2) is 0 Å². The molecular formula is C14H15BrFN3. The maximum Gasteiger partial charge on any atom is 0.146 e. The van der Waals surface area contributed by atoms with Gasteiger partial charge in [-0.2, -0.15) is 0 Å². The summed E-state index contributed by atoms with van der Waals surface area (Å²) in [6, 6.07) is 6.94. The second-order valence-electron chi connectivity index (χ2n) is 4.16. The Balaban J connectivity index is 2.54. The van der Waals surface area contributed by atoms with Gasteiger partial charge in [-0.1, -0.05) is 13.0 Å².